The molecule has 0 aliphatic heterocycles. The fourth-order valence-corrected chi connectivity index (χ4v) is 4.64. The quantitative estimate of drug-likeness (QED) is 0.302. The van der Waals surface area contributed by atoms with E-state index in [1.54, 1.807) is 17.0 Å². The molecule has 4 rings (SSSR count). The minimum atomic E-state index is -1.36. The Kier molecular flexibility index (Phi) is 8.19. The third-order valence-corrected chi connectivity index (χ3v) is 6.38. The Hall–Kier alpha value is -3.77. The van der Waals surface area contributed by atoms with E-state index in [2.05, 4.69) is 37.5 Å². The predicted octanol–water partition coefficient (Wildman–Crippen LogP) is 6.12. The van der Waals surface area contributed by atoms with Crippen molar-refractivity contribution in [3.63, 3.8) is 0 Å². The Labute approximate surface area is 218 Å². The number of hydrogen-bond donors (Lipinski definition) is 1. The maximum Gasteiger partial charge on any atom is 0.254 e. The van der Waals surface area contributed by atoms with E-state index in [0.717, 1.165) is 16.8 Å². The number of amides is 1. The van der Waals surface area contributed by atoms with Gasteiger partial charge in [-0.05, 0) is 23.1 Å². The summed E-state index contributed by atoms with van der Waals surface area (Å²) in [6.07, 6.45) is 0.667. The summed E-state index contributed by atoms with van der Waals surface area (Å²) >= 11 is 0. The lowest BCUT2D eigenvalue weighted by Gasteiger charge is -2.40. The number of nitrogens with two attached hydrogens (primary N) is 1. The van der Waals surface area contributed by atoms with Gasteiger partial charge in [0.05, 0.1) is 18.3 Å². The van der Waals surface area contributed by atoms with Crippen LogP contribution >= 0.6 is 0 Å². The van der Waals surface area contributed by atoms with Crippen molar-refractivity contribution in [1.82, 2.24) is 14.5 Å². The van der Waals surface area contributed by atoms with Crippen LogP contribution in [0.1, 0.15) is 48.6 Å². The number of halogens is 1. The van der Waals surface area contributed by atoms with Crippen molar-refractivity contribution in [2.45, 2.75) is 39.5 Å². The van der Waals surface area contributed by atoms with E-state index in [9.17, 15) is 9.18 Å². The van der Waals surface area contributed by atoms with Crippen LogP contribution < -0.4 is 5.73 Å². The number of aromatic nitrogens is 2. The number of rotatable bonds is 9. The summed E-state index contributed by atoms with van der Waals surface area (Å²) < 4.78 is 17.0. The van der Waals surface area contributed by atoms with Gasteiger partial charge in [0.1, 0.15) is 12.0 Å². The Balaban J connectivity index is 1.88. The van der Waals surface area contributed by atoms with Crippen molar-refractivity contribution in [2.24, 2.45) is 11.1 Å². The first-order chi connectivity index (χ1) is 17.8. The number of alkyl halides is 1. The van der Waals surface area contributed by atoms with E-state index in [0.29, 0.717) is 17.9 Å². The van der Waals surface area contributed by atoms with Crippen molar-refractivity contribution in [3.8, 4) is 11.3 Å². The standard InChI is InChI=1S/C31H35FN4O/c1-31(2,3)28(36(21-26(32)19-33)30(37)25-17-11-6-12-18-25)29-34-27(24-15-9-5-10-16-24)22-35(29)20-23-13-7-4-8-14-23/h4-18,22,26,28H,19-21,33H2,1-3H3/t26-,28-/m0/s1. The zero-order chi connectivity index (χ0) is 26.4. The number of hydrogen-bond acceptors (Lipinski definition) is 3. The van der Waals surface area contributed by atoms with E-state index in [1.165, 1.54) is 0 Å². The molecule has 1 aromatic heterocycles. The summed E-state index contributed by atoms with van der Waals surface area (Å²) in [6.45, 7) is 6.47. The first-order valence-electron chi connectivity index (χ1n) is 12.6. The Morgan fingerprint density at radius 3 is 2.08 bits per heavy atom. The maximum absolute atomic E-state index is 14.9. The van der Waals surface area contributed by atoms with Crippen molar-refractivity contribution >= 4 is 5.91 Å². The van der Waals surface area contributed by atoms with Crippen molar-refractivity contribution in [3.05, 3.63) is 114 Å². The average Bonchev–Trinajstić information content (AvgIpc) is 3.31. The van der Waals surface area contributed by atoms with Crippen LogP contribution in [0.5, 0.6) is 0 Å². The highest BCUT2D eigenvalue weighted by Gasteiger charge is 2.39. The molecule has 4 aromatic rings. The van der Waals surface area contributed by atoms with Gasteiger partial charge in [-0.25, -0.2) is 9.37 Å². The summed E-state index contributed by atoms with van der Waals surface area (Å²) in [5.41, 5.74) is 8.64. The summed E-state index contributed by atoms with van der Waals surface area (Å²) in [4.78, 5) is 20.6. The summed E-state index contributed by atoms with van der Waals surface area (Å²) in [7, 11) is 0. The van der Waals surface area contributed by atoms with Gasteiger partial charge in [0, 0.05) is 30.4 Å². The van der Waals surface area contributed by atoms with Crippen LogP contribution in [0.2, 0.25) is 0 Å². The highest BCUT2D eigenvalue weighted by molar-refractivity contribution is 5.94. The maximum atomic E-state index is 14.9. The summed E-state index contributed by atoms with van der Waals surface area (Å²) in [5.74, 6) is 0.468. The Bertz CT molecular complexity index is 1280. The SMILES string of the molecule is CC(C)(C)[C@H](c1nc(-c2ccccc2)cn1Cc1ccccc1)N(C[C@@H](F)CN)C(=O)c1ccccc1. The van der Waals surface area contributed by atoms with Crippen LogP contribution in [-0.2, 0) is 6.54 Å². The first-order valence-corrected chi connectivity index (χ1v) is 12.6. The highest BCUT2D eigenvalue weighted by Crippen LogP contribution is 2.40. The van der Waals surface area contributed by atoms with Crippen LogP contribution in [0.15, 0.2) is 97.2 Å². The topological polar surface area (TPSA) is 64.2 Å². The zero-order valence-corrected chi connectivity index (χ0v) is 21.7. The molecule has 0 saturated carbocycles. The fourth-order valence-electron chi connectivity index (χ4n) is 4.64. The molecule has 0 bridgehead atoms. The zero-order valence-electron chi connectivity index (χ0n) is 21.7. The molecule has 2 atom stereocenters. The molecule has 0 aliphatic carbocycles. The largest absolute Gasteiger partial charge is 0.328 e. The second kappa shape index (κ2) is 11.5. The molecule has 0 saturated heterocycles. The molecule has 37 heavy (non-hydrogen) atoms. The van der Waals surface area contributed by atoms with Crippen LogP contribution in [0.25, 0.3) is 11.3 Å². The summed E-state index contributed by atoms with van der Waals surface area (Å²) in [6, 6.07) is 28.6. The monoisotopic (exact) mass is 498 g/mol. The fraction of sp³-hybridized carbons (Fsp3) is 0.290. The summed E-state index contributed by atoms with van der Waals surface area (Å²) in [5, 5.41) is 0. The van der Waals surface area contributed by atoms with Crippen LogP contribution in [0.4, 0.5) is 4.39 Å². The molecule has 5 nitrogen and oxygen atoms in total. The van der Waals surface area contributed by atoms with E-state index in [4.69, 9.17) is 10.7 Å². The molecular formula is C31H35FN4O. The highest BCUT2D eigenvalue weighted by atomic mass is 19.1. The molecule has 1 heterocycles. The van der Waals surface area contributed by atoms with Gasteiger partial charge in [-0.15, -0.1) is 0 Å². The predicted molar refractivity (Wildman–Crippen MR) is 147 cm³/mol. The van der Waals surface area contributed by atoms with Crippen LogP contribution in [0, 0.1) is 5.41 Å². The molecule has 0 fully saturated rings. The number of carbonyl (C=O) groups excluding carboxylic acids is 1. The lowest BCUT2D eigenvalue weighted by molar-refractivity contribution is 0.0402. The molecule has 3 aromatic carbocycles. The van der Waals surface area contributed by atoms with Gasteiger partial charge in [0.15, 0.2) is 0 Å². The van der Waals surface area contributed by atoms with Crippen molar-refractivity contribution in [1.29, 1.82) is 0 Å². The minimum absolute atomic E-state index is 0.120. The molecule has 192 valence electrons. The van der Waals surface area contributed by atoms with E-state index in [1.807, 2.05) is 72.9 Å². The second-order valence-corrected chi connectivity index (χ2v) is 10.4. The van der Waals surface area contributed by atoms with E-state index in [-0.39, 0.29) is 19.0 Å². The van der Waals surface area contributed by atoms with Gasteiger partial charge >= 0.3 is 0 Å². The number of carbonyl (C=O) groups is 1. The van der Waals surface area contributed by atoms with Crippen molar-refractivity contribution < 1.29 is 9.18 Å². The second-order valence-electron chi connectivity index (χ2n) is 10.4. The van der Waals surface area contributed by atoms with E-state index >= 15 is 0 Å². The number of nitrogens with zero attached hydrogens (tertiary/aromatic N) is 3. The van der Waals surface area contributed by atoms with Crippen LogP contribution in [-0.4, -0.2) is 39.6 Å². The third-order valence-electron chi connectivity index (χ3n) is 6.38. The van der Waals surface area contributed by atoms with Gasteiger partial charge in [-0.3, -0.25) is 4.79 Å². The van der Waals surface area contributed by atoms with Gasteiger partial charge in [-0.1, -0.05) is 99.6 Å². The lowest BCUT2D eigenvalue weighted by Crippen LogP contribution is -2.46. The Morgan fingerprint density at radius 1 is 0.946 bits per heavy atom. The first kappa shape index (κ1) is 26.3. The van der Waals surface area contributed by atoms with Crippen LogP contribution in [0.3, 0.4) is 0 Å². The number of imidazole rings is 1. The molecule has 0 aliphatic rings. The van der Waals surface area contributed by atoms with Gasteiger partial charge in [0.2, 0.25) is 0 Å². The average molecular weight is 499 g/mol. The van der Waals surface area contributed by atoms with E-state index < -0.39 is 17.6 Å². The van der Waals surface area contributed by atoms with Gasteiger partial charge in [0.25, 0.3) is 5.91 Å². The normalized spacial score (nSPS) is 13.2. The minimum Gasteiger partial charge on any atom is -0.328 e. The smallest absolute Gasteiger partial charge is 0.254 e. The molecule has 1 amide bonds. The van der Waals surface area contributed by atoms with Gasteiger partial charge < -0.3 is 15.2 Å². The lowest BCUT2D eigenvalue weighted by atomic mass is 9.84. The molecule has 0 radical (unpaired) electrons. The number of benzene rings is 3. The molecular weight excluding hydrogens is 463 g/mol. The molecule has 6 heteroatoms. The van der Waals surface area contributed by atoms with Crippen molar-refractivity contribution in [2.75, 3.05) is 13.1 Å². The molecule has 0 spiro atoms. The third kappa shape index (κ3) is 6.33. The molecule has 0 unspecified atom stereocenters. The van der Waals surface area contributed by atoms with Gasteiger partial charge in [-0.2, -0.15) is 0 Å². The molecule has 2 N–H and O–H groups in total. The Morgan fingerprint density at radius 2 is 1.51 bits per heavy atom.